The number of hydrogen-bond donors (Lipinski definition) is 0. The summed E-state index contributed by atoms with van der Waals surface area (Å²) in [6, 6.07) is 0. The lowest BCUT2D eigenvalue weighted by molar-refractivity contribution is 0.0577. The molecule has 0 N–H and O–H groups in total. The van der Waals surface area contributed by atoms with Crippen molar-refractivity contribution in [3.8, 4) is 0 Å². The van der Waals surface area contributed by atoms with Gasteiger partial charge < -0.3 is 14.3 Å². The highest BCUT2D eigenvalue weighted by molar-refractivity contribution is 4.55. The van der Waals surface area contributed by atoms with E-state index in [1.165, 1.54) is 0 Å². The first kappa shape index (κ1) is 9.41. The van der Waals surface area contributed by atoms with Crippen molar-refractivity contribution < 1.29 is 9.47 Å². The fourth-order valence-corrected chi connectivity index (χ4v) is 0.474. The zero-order valence-electron chi connectivity index (χ0n) is 6.30. The first-order valence-electron chi connectivity index (χ1n) is 3.40. The Morgan fingerprint density at radius 3 is 2.50 bits per heavy atom. The van der Waals surface area contributed by atoms with Crippen molar-refractivity contribution in [2.75, 3.05) is 33.0 Å². The van der Waals surface area contributed by atoms with Crippen molar-refractivity contribution in [1.82, 2.24) is 0 Å². The lowest BCUT2D eigenvalue weighted by Gasteiger charge is -1.99. The first-order valence-corrected chi connectivity index (χ1v) is 3.40. The van der Waals surface area contributed by atoms with Gasteiger partial charge in [-0.15, -0.1) is 0 Å². The van der Waals surface area contributed by atoms with Gasteiger partial charge in [0.05, 0.1) is 13.2 Å². The molecule has 0 radical (unpaired) electrons. The summed E-state index contributed by atoms with van der Waals surface area (Å²) < 4.78 is 10.0. The van der Waals surface area contributed by atoms with Crippen LogP contribution in [0.5, 0.6) is 0 Å². The van der Waals surface area contributed by atoms with Crippen LogP contribution >= 0.6 is 0 Å². The van der Waals surface area contributed by atoms with Crippen LogP contribution in [0.2, 0.25) is 0 Å². The minimum atomic E-state index is 0.451. The highest BCUT2D eigenvalue weighted by atomic mass is 16.5. The molecule has 0 bridgehead atoms. The Balaban J connectivity index is 2.72. The van der Waals surface area contributed by atoms with Gasteiger partial charge in [-0.3, -0.25) is 0 Å². The summed E-state index contributed by atoms with van der Waals surface area (Å²) in [5.41, 5.74) is 0. The largest absolute Gasteiger partial charge is 0.379 e. The SMILES string of the molecule is [C-]#[N+]CCOCCOCC. The van der Waals surface area contributed by atoms with Gasteiger partial charge in [0.2, 0.25) is 6.54 Å². The number of rotatable bonds is 6. The molecule has 0 heterocycles. The second kappa shape index (κ2) is 8.41. The first-order chi connectivity index (χ1) is 4.91. The van der Waals surface area contributed by atoms with Crippen molar-refractivity contribution in [3.05, 3.63) is 11.4 Å². The predicted octanol–water partition coefficient (Wildman–Crippen LogP) is 0.959. The molecule has 3 nitrogen and oxygen atoms in total. The minimum Gasteiger partial charge on any atom is -0.379 e. The van der Waals surface area contributed by atoms with E-state index in [-0.39, 0.29) is 0 Å². The summed E-state index contributed by atoms with van der Waals surface area (Å²) in [6.45, 7) is 11.3. The zero-order valence-corrected chi connectivity index (χ0v) is 6.30. The van der Waals surface area contributed by atoms with Gasteiger partial charge in [-0.2, -0.15) is 0 Å². The van der Waals surface area contributed by atoms with Crippen molar-refractivity contribution in [2.45, 2.75) is 6.92 Å². The molecule has 0 aromatic heterocycles. The lowest BCUT2D eigenvalue weighted by atomic mass is 10.7. The molecule has 0 aliphatic rings. The minimum absolute atomic E-state index is 0.451. The molecular formula is C7H13NO2. The Kier molecular flexibility index (Phi) is 7.91. The lowest BCUT2D eigenvalue weighted by Crippen LogP contribution is -2.05. The highest BCUT2D eigenvalue weighted by Gasteiger charge is 1.88. The molecule has 0 unspecified atom stereocenters. The summed E-state index contributed by atoms with van der Waals surface area (Å²) in [5, 5.41) is 0. The van der Waals surface area contributed by atoms with Gasteiger partial charge in [0.25, 0.3) is 0 Å². The molecular weight excluding hydrogens is 130 g/mol. The van der Waals surface area contributed by atoms with Gasteiger partial charge in [-0.1, -0.05) is 0 Å². The smallest absolute Gasteiger partial charge is 0.237 e. The van der Waals surface area contributed by atoms with Crippen LogP contribution in [-0.4, -0.2) is 33.0 Å². The number of ether oxygens (including phenoxy) is 2. The third-order valence-electron chi connectivity index (χ3n) is 0.924. The molecule has 0 aromatic rings. The molecule has 58 valence electrons. The van der Waals surface area contributed by atoms with E-state index in [9.17, 15) is 0 Å². The fraction of sp³-hybridized carbons (Fsp3) is 0.857. The molecule has 0 atom stereocenters. The fourth-order valence-electron chi connectivity index (χ4n) is 0.474. The Bertz CT molecular complexity index is 98.3. The summed E-state index contributed by atoms with van der Waals surface area (Å²) >= 11 is 0. The average molecular weight is 143 g/mol. The van der Waals surface area contributed by atoms with E-state index in [0.29, 0.717) is 26.4 Å². The average Bonchev–Trinajstić information content (AvgIpc) is 1.97. The summed E-state index contributed by atoms with van der Waals surface area (Å²) in [5.74, 6) is 0. The Morgan fingerprint density at radius 1 is 1.20 bits per heavy atom. The molecule has 0 aromatic carbocycles. The second-order valence-electron chi connectivity index (χ2n) is 1.69. The molecule has 0 rings (SSSR count). The van der Waals surface area contributed by atoms with E-state index >= 15 is 0 Å². The number of hydrogen-bond acceptors (Lipinski definition) is 2. The van der Waals surface area contributed by atoms with Crippen LogP contribution in [0.4, 0.5) is 0 Å². The second-order valence-corrected chi connectivity index (χ2v) is 1.69. The Morgan fingerprint density at radius 2 is 1.90 bits per heavy atom. The van der Waals surface area contributed by atoms with Crippen molar-refractivity contribution in [2.24, 2.45) is 0 Å². The van der Waals surface area contributed by atoms with Crippen molar-refractivity contribution in [3.63, 3.8) is 0 Å². The molecule has 0 aliphatic carbocycles. The third kappa shape index (κ3) is 7.41. The third-order valence-corrected chi connectivity index (χ3v) is 0.924. The van der Waals surface area contributed by atoms with Gasteiger partial charge in [-0.05, 0) is 6.92 Å². The van der Waals surface area contributed by atoms with E-state index < -0.39 is 0 Å². The maximum absolute atomic E-state index is 6.43. The molecule has 0 amide bonds. The van der Waals surface area contributed by atoms with Gasteiger partial charge in [0.15, 0.2) is 0 Å². The number of nitrogens with zero attached hydrogens (tertiary/aromatic N) is 1. The van der Waals surface area contributed by atoms with Crippen LogP contribution in [0.3, 0.4) is 0 Å². The summed E-state index contributed by atoms with van der Waals surface area (Å²) in [4.78, 5) is 3.14. The van der Waals surface area contributed by atoms with Crippen molar-refractivity contribution >= 4 is 0 Å². The van der Waals surface area contributed by atoms with Gasteiger partial charge >= 0.3 is 0 Å². The van der Waals surface area contributed by atoms with Crippen LogP contribution in [0.15, 0.2) is 0 Å². The van der Waals surface area contributed by atoms with E-state index in [0.717, 1.165) is 6.61 Å². The highest BCUT2D eigenvalue weighted by Crippen LogP contribution is 1.78. The topological polar surface area (TPSA) is 22.8 Å². The molecule has 3 heteroatoms. The van der Waals surface area contributed by atoms with Crippen LogP contribution in [0, 0.1) is 6.57 Å². The molecule has 0 saturated carbocycles. The molecule has 10 heavy (non-hydrogen) atoms. The molecule has 0 fully saturated rings. The van der Waals surface area contributed by atoms with E-state index in [4.69, 9.17) is 16.0 Å². The Labute approximate surface area is 61.8 Å². The summed E-state index contributed by atoms with van der Waals surface area (Å²) in [7, 11) is 0. The van der Waals surface area contributed by atoms with Gasteiger partial charge in [-0.25, -0.2) is 6.57 Å². The van der Waals surface area contributed by atoms with Crippen LogP contribution < -0.4 is 0 Å². The quantitative estimate of drug-likeness (QED) is 0.408. The normalized spacial score (nSPS) is 9.20. The maximum atomic E-state index is 6.43. The predicted molar refractivity (Wildman–Crippen MR) is 38.8 cm³/mol. The molecule has 0 spiro atoms. The summed E-state index contributed by atoms with van der Waals surface area (Å²) in [6.07, 6.45) is 0. The van der Waals surface area contributed by atoms with E-state index in [1.807, 2.05) is 6.92 Å². The van der Waals surface area contributed by atoms with Crippen LogP contribution in [-0.2, 0) is 9.47 Å². The zero-order chi connectivity index (χ0) is 7.66. The van der Waals surface area contributed by atoms with E-state index in [1.54, 1.807) is 0 Å². The van der Waals surface area contributed by atoms with Crippen molar-refractivity contribution in [1.29, 1.82) is 0 Å². The van der Waals surface area contributed by atoms with E-state index in [2.05, 4.69) is 4.85 Å². The van der Waals surface area contributed by atoms with Crippen LogP contribution in [0.1, 0.15) is 6.92 Å². The monoisotopic (exact) mass is 143 g/mol. The van der Waals surface area contributed by atoms with Gasteiger partial charge in [0, 0.05) is 6.61 Å². The Hall–Kier alpha value is -0.590. The van der Waals surface area contributed by atoms with Gasteiger partial charge in [0.1, 0.15) is 6.61 Å². The molecule has 0 aliphatic heterocycles. The standard InChI is InChI=1S/C7H13NO2/c1-3-9-6-7-10-5-4-8-2/h3-7H2,1H3. The maximum Gasteiger partial charge on any atom is 0.237 e. The molecule has 0 saturated heterocycles. The van der Waals surface area contributed by atoms with Crippen LogP contribution in [0.25, 0.3) is 4.85 Å².